The maximum absolute atomic E-state index is 12.9. The lowest BCUT2D eigenvalue weighted by Gasteiger charge is -1.94. The van der Waals surface area contributed by atoms with Gasteiger partial charge in [-0.25, -0.2) is 9.18 Å². The molecule has 1 aromatic carbocycles. The Morgan fingerprint density at radius 1 is 1.55 bits per heavy atom. The zero-order valence-corrected chi connectivity index (χ0v) is 6.93. The lowest BCUT2D eigenvalue weighted by molar-refractivity contribution is 0.564. The first-order chi connectivity index (χ1) is 5.25. The van der Waals surface area contributed by atoms with Gasteiger partial charge in [0, 0.05) is 0 Å². The summed E-state index contributed by atoms with van der Waals surface area (Å²) in [6.07, 6.45) is 1.27. The van der Waals surface area contributed by atoms with Crippen molar-refractivity contribution in [3.8, 4) is 0 Å². The molecule has 0 aliphatic rings. The van der Waals surface area contributed by atoms with Gasteiger partial charge >= 0.3 is 0 Å². The SMILES string of the molecule is O=C=Nc1cccc(Br)c1F. The zero-order valence-electron chi connectivity index (χ0n) is 5.34. The summed E-state index contributed by atoms with van der Waals surface area (Å²) in [5.74, 6) is -0.546. The molecule has 0 amide bonds. The minimum atomic E-state index is -0.546. The number of rotatable bonds is 1. The number of halogens is 2. The van der Waals surface area contributed by atoms with Gasteiger partial charge in [0.1, 0.15) is 5.69 Å². The second kappa shape index (κ2) is 3.42. The molecule has 1 aromatic rings. The number of hydrogen-bond acceptors (Lipinski definition) is 2. The van der Waals surface area contributed by atoms with E-state index >= 15 is 0 Å². The maximum atomic E-state index is 12.9. The van der Waals surface area contributed by atoms with Crippen LogP contribution in [0.4, 0.5) is 10.1 Å². The quantitative estimate of drug-likeness (QED) is 0.523. The summed E-state index contributed by atoms with van der Waals surface area (Å²) in [4.78, 5) is 12.9. The smallest absolute Gasteiger partial charge is 0.211 e. The Balaban J connectivity index is 3.26. The van der Waals surface area contributed by atoms with Crippen molar-refractivity contribution in [2.24, 2.45) is 4.99 Å². The van der Waals surface area contributed by atoms with E-state index in [2.05, 4.69) is 20.9 Å². The highest BCUT2D eigenvalue weighted by Crippen LogP contribution is 2.23. The van der Waals surface area contributed by atoms with E-state index in [1.54, 1.807) is 6.07 Å². The molecule has 0 heterocycles. The second-order valence-electron chi connectivity index (χ2n) is 1.78. The standard InChI is InChI=1S/C7H3BrFNO/c8-5-2-1-3-6(7(5)9)10-4-11/h1-3H. The van der Waals surface area contributed by atoms with Crippen molar-refractivity contribution in [1.29, 1.82) is 0 Å². The molecule has 0 atom stereocenters. The van der Waals surface area contributed by atoms with E-state index in [1.165, 1.54) is 18.2 Å². The summed E-state index contributed by atoms with van der Waals surface area (Å²) < 4.78 is 13.2. The molecular formula is C7H3BrFNO. The number of aliphatic imine (C=N–C) groups is 1. The molecule has 0 aromatic heterocycles. The topological polar surface area (TPSA) is 29.4 Å². The van der Waals surface area contributed by atoms with Crippen LogP contribution in [0, 0.1) is 5.82 Å². The van der Waals surface area contributed by atoms with Crippen LogP contribution in [0.25, 0.3) is 0 Å². The van der Waals surface area contributed by atoms with Crippen molar-refractivity contribution < 1.29 is 9.18 Å². The van der Waals surface area contributed by atoms with Crippen molar-refractivity contribution >= 4 is 27.7 Å². The fourth-order valence-electron chi connectivity index (χ4n) is 0.628. The molecule has 1 rings (SSSR count). The summed E-state index contributed by atoms with van der Waals surface area (Å²) in [5, 5.41) is 0. The minimum Gasteiger partial charge on any atom is -0.211 e. The highest BCUT2D eigenvalue weighted by atomic mass is 79.9. The van der Waals surface area contributed by atoms with Crippen LogP contribution in [0.3, 0.4) is 0 Å². The van der Waals surface area contributed by atoms with Crippen LogP contribution < -0.4 is 0 Å². The largest absolute Gasteiger partial charge is 0.240 e. The molecule has 11 heavy (non-hydrogen) atoms. The van der Waals surface area contributed by atoms with Crippen LogP contribution in [-0.2, 0) is 4.79 Å². The van der Waals surface area contributed by atoms with Crippen molar-refractivity contribution in [3.63, 3.8) is 0 Å². The van der Waals surface area contributed by atoms with Gasteiger partial charge in [0.25, 0.3) is 0 Å². The number of carbonyl (C=O) groups excluding carboxylic acids is 1. The maximum Gasteiger partial charge on any atom is 0.240 e. The Labute approximate surface area is 70.9 Å². The number of isocyanates is 1. The summed E-state index contributed by atoms with van der Waals surface area (Å²) in [7, 11) is 0. The third-order valence-electron chi connectivity index (χ3n) is 1.10. The van der Waals surface area contributed by atoms with Crippen LogP contribution >= 0.6 is 15.9 Å². The van der Waals surface area contributed by atoms with Gasteiger partial charge in [-0.15, -0.1) is 0 Å². The van der Waals surface area contributed by atoms with Gasteiger partial charge < -0.3 is 0 Å². The monoisotopic (exact) mass is 215 g/mol. The lowest BCUT2D eigenvalue weighted by Crippen LogP contribution is -1.76. The van der Waals surface area contributed by atoms with Crippen LogP contribution in [0.5, 0.6) is 0 Å². The van der Waals surface area contributed by atoms with Crippen molar-refractivity contribution in [1.82, 2.24) is 0 Å². The zero-order chi connectivity index (χ0) is 8.27. The van der Waals surface area contributed by atoms with Crippen LogP contribution in [0.1, 0.15) is 0 Å². The van der Waals surface area contributed by atoms with Crippen molar-refractivity contribution in [2.75, 3.05) is 0 Å². The summed E-state index contributed by atoms with van der Waals surface area (Å²) in [6.45, 7) is 0. The van der Waals surface area contributed by atoms with E-state index in [9.17, 15) is 9.18 Å². The fraction of sp³-hybridized carbons (Fsp3) is 0. The van der Waals surface area contributed by atoms with Gasteiger partial charge in [-0.05, 0) is 28.1 Å². The normalized spacial score (nSPS) is 8.91. The molecule has 0 bridgehead atoms. The second-order valence-corrected chi connectivity index (χ2v) is 2.63. The van der Waals surface area contributed by atoms with Gasteiger partial charge in [0.05, 0.1) is 4.47 Å². The Morgan fingerprint density at radius 2 is 2.27 bits per heavy atom. The Hall–Kier alpha value is -0.990. The van der Waals surface area contributed by atoms with E-state index in [4.69, 9.17) is 0 Å². The molecule has 0 aliphatic carbocycles. The molecule has 0 spiro atoms. The minimum absolute atomic E-state index is 0.00521. The molecule has 0 saturated heterocycles. The van der Waals surface area contributed by atoms with Crippen molar-refractivity contribution in [2.45, 2.75) is 0 Å². The molecule has 0 N–H and O–H groups in total. The number of hydrogen-bond donors (Lipinski definition) is 0. The summed E-state index contributed by atoms with van der Waals surface area (Å²) in [6, 6.07) is 4.51. The van der Waals surface area contributed by atoms with E-state index in [-0.39, 0.29) is 10.2 Å². The van der Waals surface area contributed by atoms with Gasteiger partial charge in [0.15, 0.2) is 5.82 Å². The van der Waals surface area contributed by atoms with E-state index in [0.29, 0.717) is 0 Å². The third kappa shape index (κ3) is 1.73. The predicted octanol–water partition coefficient (Wildman–Crippen LogP) is 2.56. The molecule has 0 fully saturated rings. The molecule has 56 valence electrons. The molecular weight excluding hydrogens is 213 g/mol. The first-order valence-corrected chi connectivity index (χ1v) is 3.57. The van der Waals surface area contributed by atoms with Crippen LogP contribution in [-0.4, -0.2) is 6.08 Å². The first-order valence-electron chi connectivity index (χ1n) is 2.77. The predicted molar refractivity (Wildman–Crippen MR) is 41.9 cm³/mol. The third-order valence-corrected chi connectivity index (χ3v) is 1.71. The van der Waals surface area contributed by atoms with Gasteiger partial charge in [-0.1, -0.05) is 6.07 Å². The van der Waals surface area contributed by atoms with Crippen LogP contribution in [0.2, 0.25) is 0 Å². The van der Waals surface area contributed by atoms with Gasteiger partial charge in [0.2, 0.25) is 6.08 Å². The molecule has 0 unspecified atom stereocenters. The molecule has 0 aliphatic heterocycles. The van der Waals surface area contributed by atoms with Gasteiger partial charge in [-0.2, -0.15) is 4.99 Å². The number of benzene rings is 1. The Morgan fingerprint density at radius 3 is 2.91 bits per heavy atom. The van der Waals surface area contributed by atoms with E-state index < -0.39 is 5.82 Å². The molecule has 2 nitrogen and oxygen atoms in total. The van der Waals surface area contributed by atoms with E-state index in [0.717, 1.165) is 0 Å². The highest BCUT2D eigenvalue weighted by molar-refractivity contribution is 9.10. The van der Waals surface area contributed by atoms with E-state index in [1.807, 2.05) is 0 Å². The first kappa shape index (κ1) is 8.11. The molecule has 0 radical (unpaired) electrons. The summed E-state index contributed by atoms with van der Waals surface area (Å²) in [5.41, 5.74) is -0.00521. The van der Waals surface area contributed by atoms with Crippen LogP contribution in [0.15, 0.2) is 27.7 Å². The van der Waals surface area contributed by atoms with Crippen molar-refractivity contribution in [3.05, 3.63) is 28.5 Å². The Kier molecular flexibility index (Phi) is 2.52. The average Bonchev–Trinajstić information content (AvgIpc) is 1.99. The average molecular weight is 216 g/mol. The molecule has 0 saturated carbocycles. The number of nitrogens with zero attached hydrogens (tertiary/aromatic N) is 1. The lowest BCUT2D eigenvalue weighted by atomic mass is 10.3. The summed E-state index contributed by atoms with van der Waals surface area (Å²) >= 11 is 2.95. The Bertz CT molecular complexity index is 320. The fourth-order valence-corrected chi connectivity index (χ4v) is 0.984. The van der Waals surface area contributed by atoms with Gasteiger partial charge in [-0.3, -0.25) is 0 Å². The molecule has 4 heteroatoms. The highest BCUT2D eigenvalue weighted by Gasteiger charge is 2.02.